The van der Waals surface area contributed by atoms with E-state index in [0.29, 0.717) is 0 Å². The van der Waals surface area contributed by atoms with Gasteiger partial charge < -0.3 is 15.5 Å². The van der Waals surface area contributed by atoms with Crippen LogP contribution in [0.25, 0.3) is 0 Å². The van der Waals surface area contributed by atoms with E-state index in [9.17, 15) is 18.4 Å². The number of nitrogens with one attached hydrogen (secondary N) is 1. The zero-order valence-corrected chi connectivity index (χ0v) is 11.1. The highest BCUT2D eigenvalue weighted by molar-refractivity contribution is 9.10. The second-order valence-electron chi connectivity index (χ2n) is 3.62. The van der Waals surface area contributed by atoms with Gasteiger partial charge in [-0.3, -0.25) is 4.79 Å². The maximum atomic E-state index is 13.5. The van der Waals surface area contributed by atoms with Crippen molar-refractivity contribution in [1.82, 2.24) is 5.32 Å². The third-order valence-electron chi connectivity index (χ3n) is 2.26. The van der Waals surface area contributed by atoms with Gasteiger partial charge in [-0.1, -0.05) is 15.9 Å². The lowest BCUT2D eigenvalue weighted by atomic mass is 10.1. The molecule has 19 heavy (non-hydrogen) atoms. The molecule has 0 saturated heterocycles. The van der Waals surface area contributed by atoms with Gasteiger partial charge in [-0.15, -0.1) is 0 Å². The Balaban J connectivity index is 2.98. The van der Waals surface area contributed by atoms with Crippen molar-refractivity contribution < 1.29 is 28.6 Å². The number of aliphatic hydroxyl groups is 1. The lowest BCUT2D eigenvalue weighted by Crippen LogP contribution is -2.42. The van der Waals surface area contributed by atoms with E-state index in [1.165, 1.54) is 0 Å². The molecule has 0 bridgehead atoms. The summed E-state index contributed by atoms with van der Waals surface area (Å²) in [6.45, 7) is -0.484. The Labute approximate surface area is 115 Å². The summed E-state index contributed by atoms with van der Waals surface area (Å²) >= 11 is 2.86. The van der Waals surface area contributed by atoms with Crippen LogP contribution in [0, 0.1) is 11.6 Å². The quantitative estimate of drug-likeness (QED) is 0.755. The summed E-state index contributed by atoms with van der Waals surface area (Å²) in [5.74, 6) is -4.82. The number of carboxylic acid groups (broad SMARTS) is 1. The first kappa shape index (κ1) is 15.5. The average Bonchev–Trinajstić information content (AvgIpc) is 2.26. The highest BCUT2D eigenvalue weighted by atomic mass is 79.9. The number of amides is 1. The molecular formula is C11H10BrF2NO4. The Hall–Kier alpha value is -1.54. The first-order valence-electron chi connectivity index (χ1n) is 5.16. The first-order chi connectivity index (χ1) is 8.86. The number of aliphatic carboxylic acids is 1. The normalized spacial score (nSPS) is 12.0. The molecular weight excluding hydrogens is 328 g/mol. The highest BCUT2D eigenvalue weighted by Crippen LogP contribution is 2.19. The van der Waals surface area contributed by atoms with Gasteiger partial charge in [0, 0.05) is 17.5 Å². The topological polar surface area (TPSA) is 86.6 Å². The third kappa shape index (κ3) is 3.97. The Morgan fingerprint density at radius 3 is 2.26 bits per heavy atom. The zero-order valence-electron chi connectivity index (χ0n) is 9.49. The van der Waals surface area contributed by atoms with Crippen LogP contribution in [0.2, 0.25) is 0 Å². The Morgan fingerprint density at radius 2 is 1.84 bits per heavy atom. The number of halogens is 3. The predicted octanol–water partition coefficient (Wildman–Crippen LogP) is 1.29. The monoisotopic (exact) mass is 337 g/mol. The molecule has 1 aromatic carbocycles. The molecule has 0 aliphatic carbocycles. The van der Waals surface area contributed by atoms with Gasteiger partial charge in [0.1, 0.15) is 23.2 Å². The summed E-state index contributed by atoms with van der Waals surface area (Å²) in [5, 5.41) is 19.3. The van der Waals surface area contributed by atoms with Crippen molar-refractivity contribution >= 4 is 27.8 Å². The molecule has 8 heteroatoms. The van der Waals surface area contributed by atoms with E-state index in [2.05, 4.69) is 15.9 Å². The summed E-state index contributed by atoms with van der Waals surface area (Å²) in [6, 6.07) is 0.361. The molecule has 3 N–H and O–H groups in total. The summed E-state index contributed by atoms with van der Waals surface area (Å²) < 4.78 is 27.1. The van der Waals surface area contributed by atoms with E-state index >= 15 is 0 Å². The van der Waals surface area contributed by atoms with Crippen LogP contribution in [0.1, 0.15) is 16.8 Å². The molecule has 1 amide bonds. The number of rotatable bonds is 5. The van der Waals surface area contributed by atoms with Crippen LogP contribution in [-0.4, -0.2) is 34.7 Å². The molecule has 0 saturated carbocycles. The summed E-state index contributed by atoms with van der Waals surface area (Å²) in [4.78, 5) is 22.4. The number of carboxylic acids is 1. The van der Waals surface area contributed by atoms with E-state index in [1.807, 2.05) is 5.32 Å². The SMILES string of the molecule is O=C(N[C@H](CCO)C(=O)O)c1c(F)cc(Br)cc1F. The van der Waals surface area contributed by atoms with Gasteiger partial charge in [0.05, 0.1) is 0 Å². The first-order valence-corrected chi connectivity index (χ1v) is 5.95. The fourth-order valence-electron chi connectivity index (χ4n) is 1.38. The van der Waals surface area contributed by atoms with Gasteiger partial charge >= 0.3 is 5.97 Å². The van der Waals surface area contributed by atoms with E-state index in [1.54, 1.807) is 0 Å². The predicted molar refractivity (Wildman–Crippen MR) is 64.7 cm³/mol. The van der Waals surface area contributed by atoms with Gasteiger partial charge in [0.2, 0.25) is 0 Å². The van der Waals surface area contributed by atoms with Crippen LogP contribution < -0.4 is 5.32 Å². The standard InChI is InChI=1S/C11H10BrF2NO4/c12-5-3-6(13)9(7(14)4-5)10(17)15-8(1-2-16)11(18)19/h3-4,8,16H,1-2H2,(H,15,17)(H,18,19)/t8-/m1/s1. The van der Waals surface area contributed by atoms with Gasteiger partial charge in [-0.05, 0) is 12.1 Å². The van der Waals surface area contributed by atoms with E-state index < -0.39 is 41.7 Å². The van der Waals surface area contributed by atoms with Crippen LogP contribution in [-0.2, 0) is 4.79 Å². The molecule has 0 aromatic heterocycles. The Kier molecular flexibility index (Phi) is 5.37. The second-order valence-corrected chi connectivity index (χ2v) is 4.54. The van der Waals surface area contributed by atoms with Crippen LogP contribution >= 0.6 is 15.9 Å². The molecule has 1 rings (SSSR count). The van der Waals surface area contributed by atoms with E-state index in [-0.39, 0.29) is 10.9 Å². The number of hydrogen-bond donors (Lipinski definition) is 3. The largest absolute Gasteiger partial charge is 0.480 e. The van der Waals surface area contributed by atoms with Gasteiger partial charge in [0.15, 0.2) is 0 Å². The molecule has 0 fully saturated rings. The molecule has 1 atom stereocenters. The molecule has 5 nitrogen and oxygen atoms in total. The zero-order chi connectivity index (χ0) is 14.6. The fourth-order valence-corrected chi connectivity index (χ4v) is 1.78. The van der Waals surface area contributed by atoms with Crippen LogP contribution in [0.5, 0.6) is 0 Å². The third-order valence-corrected chi connectivity index (χ3v) is 2.71. The van der Waals surface area contributed by atoms with Crippen molar-refractivity contribution in [3.8, 4) is 0 Å². The van der Waals surface area contributed by atoms with Crippen LogP contribution in [0.4, 0.5) is 8.78 Å². The summed E-state index contributed by atoms with van der Waals surface area (Å²) in [7, 11) is 0. The molecule has 1 aromatic rings. The summed E-state index contributed by atoms with van der Waals surface area (Å²) in [5.41, 5.74) is -0.868. The molecule has 0 unspecified atom stereocenters. The highest BCUT2D eigenvalue weighted by Gasteiger charge is 2.24. The minimum Gasteiger partial charge on any atom is -0.480 e. The summed E-state index contributed by atoms with van der Waals surface area (Å²) in [6.07, 6.45) is -0.263. The number of aliphatic hydroxyl groups excluding tert-OH is 1. The lowest BCUT2D eigenvalue weighted by Gasteiger charge is -2.14. The Morgan fingerprint density at radius 1 is 1.32 bits per heavy atom. The van der Waals surface area contributed by atoms with Crippen molar-refractivity contribution in [2.75, 3.05) is 6.61 Å². The van der Waals surface area contributed by atoms with Crippen molar-refractivity contribution in [1.29, 1.82) is 0 Å². The molecule has 0 aliphatic rings. The maximum absolute atomic E-state index is 13.5. The number of benzene rings is 1. The van der Waals surface area contributed by atoms with Crippen molar-refractivity contribution in [3.05, 3.63) is 33.8 Å². The van der Waals surface area contributed by atoms with Crippen LogP contribution in [0.15, 0.2) is 16.6 Å². The lowest BCUT2D eigenvalue weighted by molar-refractivity contribution is -0.139. The molecule has 0 radical (unpaired) electrons. The number of carbonyl (C=O) groups is 2. The van der Waals surface area contributed by atoms with Crippen molar-refractivity contribution in [2.24, 2.45) is 0 Å². The number of hydrogen-bond acceptors (Lipinski definition) is 3. The maximum Gasteiger partial charge on any atom is 0.326 e. The van der Waals surface area contributed by atoms with Gasteiger partial charge in [-0.25, -0.2) is 13.6 Å². The molecule has 0 heterocycles. The Bertz CT molecular complexity index is 486. The fraction of sp³-hybridized carbons (Fsp3) is 0.273. The van der Waals surface area contributed by atoms with Crippen molar-refractivity contribution in [2.45, 2.75) is 12.5 Å². The van der Waals surface area contributed by atoms with E-state index in [4.69, 9.17) is 10.2 Å². The van der Waals surface area contributed by atoms with Crippen LogP contribution in [0.3, 0.4) is 0 Å². The smallest absolute Gasteiger partial charge is 0.326 e. The van der Waals surface area contributed by atoms with Crippen molar-refractivity contribution in [3.63, 3.8) is 0 Å². The number of carbonyl (C=O) groups excluding carboxylic acids is 1. The van der Waals surface area contributed by atoms with Gasteiger partial charge in [0.25, 0.3) is 5.91 Å². The molecule has 104 valence electrons. The second kappa shape index (κ2) is 6.58. The minimum absolute atomic E-state index is 0.115. The molecule has 0 aliphatic heterocycles. The van der Waals surface area contributed by atoms with Gasteiger partial charge in [-0.2, -0.15) is 0 Å². The average molecular weight is 338 g/mol. The minimum atomic E-state index is -1.42. The molecule has 0 spiro atoms. The van der Waals surface area contributed by atoms with E-state index in [0.717, 1.165) is 12.1 Å².